The molecule has 3 aliphatic heterocycles. The Kier molecular flexibility index (Phi) is 21.4. The monoisotopic (exact) mass is 1010 g/mol. The van der Waals surface area contributed by atoms with Crippen LogP contribution in [0.4, 0.5) is 11.4 Å². The normalized spacial score (nSPS) is 19.2. The summed E-state index contributed by atoms with van der Waals surface area (Å²) in [5.74, 6) is 1.31. The minimum Gasteiger partial charge on any atom is -0.489 e. The van der Waals surface area contributed by atoms with Crippen LogP contribution >= 0.6 is 30.3 Å². The Hall–Kier alpha value is -2.70. The van der Waals surface area contributed by atoms with Crippen LogP contribution in [-0.2, 0) is 23.5 Å². The summed E-state index contributed by atoms with van der Waals surface area (Å²) in [5.41, 5.74) is 22.2. The summed E-state index contributed by atoms with van der Waals surface area (Å²) in [7, 11) is -0.385. The van der Waals surface area contributed by atoms with E-state index < -0.39 is 14.6 Å². The van der Waals surface area contributed by atoms with Gasteiger partial charge in [-0.25, -0.2) is 13.8 Å². The summed E-state index contributed by atoms with van der Waals surface area (Å²) in [5, 5.41) is 10.0. The van der Waals surface area contributed by atoms with E-state index in [1.807, 2.05) is 0 Å². The van der Waals surface area contributed by atoms with Gasteiger partial charge in [-0.05, 0) is 78.5 Å². The number of amides is 3. The molecule has 2 aromatic carbocycles. The Morgan fingerprint density at radius 2 is 1.72 bits per heavy atom. The first-order valence-electron chi connectivity index (χ1n) is 18.6. The van der Waals surface area contributed by atoms with Crippen LogP contribution in [-0.4, -0.2) is 87.8 Å². The smallest absolute Gasteiger partial charge is 0.489 e. The van der Waals surface area contributed by atoms with Crippen molar-refractivity contribution in [3.63, 3.8) is 0 Å². The van der Waals surface area contributed by atoms with Gasteiger partial charge in [0.2, 0.25) is 17.7 Å². The van der Waals surface area contributed by atoms with E-state index in [-0.39, 0.29) is 117 Å². The summed E-state index contributed by atoms with van der Waals surface area (Å²) in [6.45, 7) is 2.40. The first-order chi connectivity index (χ1) is 27.9. The molecule has 18 nitrogen and oxygen atoms in total. The molecule has 0 bridgehead atoms. The molecule has 22 heteroatoms. The molecule has 1 aromatic heterocycles. The van der Waals surface area contributed by atoms with E-state index >= 15 is 0 Å². The number of anilines is 2. The molecule has 0 unspecified atom stereocenters. The summed E-state index contributed by atoms with van der Waals surface area (Å²) >= 11 is 3.00. The molecule has 1 aliphatic carbocycles. The van der Waals surface area contributed by atoms with Crippen LogP contribution in [0, 0.1) is 7.43 Å². The van der Waals surface area contributed by atoms with Gasteiger partial charge in [-0.3, -0.25) is 24.6 Å². The number of nitrogens with one attached hydrogen (secondary N) is 2. The second-order valence-electron chi connectivity index (χ2n) is 13.8. The van der Waals surface area contributed by atoms with E-state index in [4.69, 9.17) is 36.5 Å². The zero-order chi connectivity index (χ0) is 41.8. The number of hydrogen-bond donors (Lipinski definition) is 8. The summed E-state index contributed by atoms with van der Waals surface area (Å²) < 4.78 is 28.3. The topological polar surface area (TPSA) is 263 Å². The van der Waals surface area contributed by atoms with Crippen molar-refractivity contribution in [3.05, 3.63) is 85.3 Å². The van der Waals surface area contributed by atoms with Gasteiger partial charge in [0.25, 0.3) is 0 Å². The average Bonchev–Trinajstić information content (AvgIpc) is 3.70. The van der Waals surface area contributed by atoms with Crippen molar-refractivity contribution >= 4 is 70.8 Å². The number of benzene rings is 2. The van der Waals surface area contributed by atoms with E-state index in [2.05, 4.69) is 65.9 Å². The Bertz CT molecular complexity index is 2030. The molecule has 0 radical (unpaired) electrons. The Morgan fingerprint density at radius 1 is 1.02 bits per heavy atom. The number of fused-ring (bicyclic) bond motifs is 1. The number of phosphoric ester groups is 1. The number of piperazine rings is 1. The molecule has 60 heavy (non-hydrogen) atoms. The number of carbonyl (C=O) groups is 3. The summed E-state index contributed by atoms with van der Waals surface area (Å²) in [4.78, 5) is 56.0. The van der Waals surface area contributed by atoms with Gasteiger partial charge >= 0.3 is 76.7 Å². The maximum atomic E-state index is 13.4. The van der Waals surface area contributed by atoms with Crippen molar-refractivity contribution in [2.75, 3.05) is 49.8 Å². The molecule has 4 heterocycles. The maximum absolute atomic E-state index is 13.4. The fraction of sp³-hybridized carbons (Fsp3) is 0.395. The fourth-order valence-corrected chi connectivity index (χ4v) is 7.50. The second-order valence-corrected chi connectivity index (χ2v) is 15.0. The van der Waals surface area contributed by atoms with Crippen LogP contribution in [0.15, 0.2) is 66.8 Å². The fourth-order valence-electron chi connectivity index (χ4n) is 7.31. The van der Waals surface area contributed by atoms with Crippen LogP contribution in [0.1, 0.15) is 62.0 Å². The van der Waals surface area contributed by atoms with Crippen molar-refractivity contribution in [1.29, 1.82) is 0 Å². The molecular weight excluding hydrogens is 958 g/mol. The number of allylic oxidation sites excluding steroid dienone is 2. The van der Waals surface area contributed by atoms with Crippen molar-refractivity contribution in [1.82, 2.24) is 20.0 Å². The zero-order valence-corrected chi connectivity index (χ0v) is 42.5. The van der Waals surface area contributed by atoms with Gasteiger partial charge in [0.15, 0.2) is 6.79 Å². The van der Waals surface area contributed by atoms with E-state index in [1.165, 1.54) is 16.3 Å². The third kappa shape index (κ3) is 14.4. The number of thiol groups is 1. The number of para-hydroxylation sites is 2. The number of phosphoric acid groups is 1. The molecule has 0 spiro atoms. The van der Waals surface area contributed by atoms with E-state index in [9.17, 15) is 18.9 Å². The first-order valence-corrected chi connectivity index (χ1v) is 21.5. The van der Waals surface area contributed by atoms with Crippen LogP contribution < -0.4 is 111 Å². The van der Waals surface area contributed by atoms with Crippen molar-refractivity contribution in [3.8, 4) is 11.5 Å². The quantitative estimate of drug-likeness (QED) is 0.0350. The molecule has 0 atom stereocenters. The van der Waals surface area contributed by atoms with E-state index in [0.29, 0.717) is 62.2 Å². The molecule has 3 amide bonds. The van der Waals surface area contributed by atoms with Crippen LogP contribution in [0.3, 0.4) is 0 Å². The second kappa shape index (κ2) is 24.8. The maximum Gasteiger partial charge on any atom is 1.00 e. The number of imide groups is 1. The van der Waals surface area contributed by atoms with Crippen LogP contribution in [0.5, 0.6) is 11.5 Å². The van der Waals surface area contributed by atoms with Gasteiger partial charge in [-0.15, -0.1) is 0 Å². The molecule has 3 aromatic rings. The summed E-state index contributed by atoms with van der Waals surface area (Å²) in [6.07, 6.45) is 10.6. The molecule has 4 aliphatic rings. The van der Waals surface area contributed by atoms with E-state index in [1.54, 1.807) is 41.6 Å². The van der Waals surface area contributed by atoms with E-state index in [0.717, 1.165) is 50.2 Å². The minimum atomic E-state index is -4.72. The standard InChI is InChI=1S/C32H41N8O7P.C5H7NO2.CH3.ClHS.Cs/c33-26(25-4-1-2-7-29(25)46-20-47-48(42,43)44)16-28(32(34)35)40-18-23(17-37-40)39-14-13-38(19-30(39)41)22-10-8-21(9-11-22)24-5-3-6-27-31(24)45-15-12-36-27;7-4-2-1-3-5(8)6-4;;1-2;/h1-7,16-18,21-22,36H,8-15,19-20,33-35H2,(H2,42,43,44);1-3H2,(H,6,7,8);1H3;2H;/q;;-1;;+1/b26-16-;;;;. The Balaban J connectivity index is 0.000000711. The van der Waals surface area contributed by atoms with Gasteiger partial charge in [0.05, 0.1) is 30.3 Å². The number of ether oxygens (including phenoxy) is 2. The number of nitrogens with zero attached hydrogens (tertiary/aromatic N) is 4. The number of nitrogens with two attached hydrogens (primary N) is 3. The molecule has 2 saturated heterocycles. The number of carbonyl (C=O) groups excluding carboxylic acids is 3. The zero-order valence-electron chi connectivity index (χ0n) is 33.7. The van der Waals surface area contributed by atoms with Gasteiger partial charge in [-0.1, -0.05) is 36.1 Å². The van der Waals surface area contributed by atoms with Crippen molar-refractivity contribution < 1.29 is 112 Å². The first kappa shape index (κ1) is 51.7. The largest absolute Gasteiger partial charge is 1.00 e. The number of aromatic nitrogens is 2. The average molecular weight is 1010 g/mol. The minimum absolute atomic E-state index is 0. The summed E-state index contributed by atoms with van der Waals surface area (Å²) in [6, 6.07) is 13.3. The van der Waals surface area contributed by atoms with Crippen molar-refractivity contribution in [2.45, 2.75) is 56.9 Å². The molecule has 10 N–H and O–H groups in total. The SMILES string of the molecule is NC(N)=C(/C=C(\N)c1ccccc1OCOP(=O)(O)O)n1cc(N2CCN(C3CCC(c4cccc5c4OCCN5)CC3)CC2=O)cn1.O=C1CCCC(=O)N1.SCl.[CH3-].[Cs+]. The Morgan fingerprint density at radius 3 is 2.35 bits per heavy atom. The molecular formula is C38H52ClCsN9O9PS. The molecule has 322 valence electrons. The number of hydrogen-bond acceptors (Lipinski definition) is 14. The molecule has 1 saturated carbocycles. The molecule has 7 rings (SSSR count). The third-order valence-electron chi connectivity index (χ3n) is 10.0. The van der Waals surface area contributed by atoms with Crippen LogP contribution in [0.2, 0.25) is 0 Å². The van der Waals surface area contributed by atoms with Gasteiger partial charge in [0.1, 0.15) is 29.6 Å². The van der Waals surface area contributed by atoms with Gasteiger partial charge < -0.3 is 54.1 Å². The molecule has 3 fully saturated rings. The number of piperidine rings is 1. The number of halogens is 1. The third-order valence-corrected chi connectivity index (χ3v) is 10.5. The predicted molar refractivity (Wildman–Crippen MR) is 229 cm³/mol. The van der Waals surface area contributed by atoms with Gasteiger partial charge in [-0.2, -0.15) is 5.10 Å². The number of rotatable bonds is 10. The Labute approximate surface area is 418 Å². The van der Waals surface area contributed by atoms with Crippen LogP contribution in [0.25, 0.3) is 11.4 Å². The van der Waals surface area contributed by atoms with Gasteiger partial charge in [0, 0.05) is 49.8 Å². The predicted octanol–water partition coefficient (Wildman–Crippen LogP) is 0.889. The van der Waals surface area contributed by atoms with Crippen molar-refractivity contribution in [2.24, 2.45) is 17.2 Å².